The molecule has 0 spiro atoms. The van der Waals surface area contributed by atoms with Gasteiger partial charge in [0, 0.05) is 25.7 Å². The molecule has 3 rings (SSSR count). The van der Waals surface area contributed by atoms with Crippen LogP contribution in [0.15, 0.2) is 60.7 Å². The zero-order valence-electron chi connectivity index (χ0n) is 13.7. The third-order valence-corrected chi connectivity index (χ3v) is 4.83. The fourth-order valence-corrected chi connectivity index (χ4v) is 3.48. The van der Waals surface area contributed by atoms with Gasteiger partial charge in [0.15, 0.2) is 0 Å². The van der Waals surface area contributed by atoms with Gasteiger partial charge in [0.05, 0.1) is 6.17 Å². The molecule has 2 nitrogen and oxygen atoms in total. The van der Waals surface area contributed by atoms with Crippen LogP contribution in [0.4, 0.5) is 0 Å². The molecule has 1 heterocycles. The van der Waals surface area contributed by atoms with Crippen LogP contribution in [0.3, 0.4) is 0 Å². The lowest BCUT2D eigenvalue weighted by Gasteiger charge is -2.29. The van der Waals surface area contributed by atoms with E-state index in [9.17, 15) is 0 Å². The standard InChI is InChI=1S/C20H26N2/c1-3-20-16-21(14-18-10-6-4-7-11-18)17(2)22(20)15-19-12-8-5-9-13-19/h4-13,17,20H,3,14-16H2,1-2H3. The number of benzene rings is 2. The first-order valence-electron chi connectivity index (χ1n) is 8.35. The van der Waals surface area contributed by atoms with Gasteiger partial charge in [-0.25, -0.2) is 0 Å². The van der Waals surface area contributed by atoms with Crippen molar-refractivity contribution in [2.24, 2.45) is 0 Å². The van der Waals surface area contributed by atoms with Crippen molar-refractivity contribution in [3.63, 3.8) is 0 Å². The van der Waals surface area contributed by atoms with E-state index in [1.54, 1.807) is 0 Å². The van der Waals surface area contributed by atoms with Crippen LogP contribution in [0.2, 0.25) is 0 Å². The Kier molecular flexibility index (Phi) is 4.91. The maximum atomic E-state index is 2.65. The second-order valence-electron chi connectivity index (χ2n) is 6.27. The summed E-state index contributed by atoms with van der Waals surface area (Å²) in [6, 6.07) is 22.3. The number of hydrogen-bond donors (Lipinski definition) is 0. The molecule has 0 amide bonds. The molecule has 1 aliphatic heterocycles. The summed E-state index contributed by atoms with van der Waals surface area (Å²) in [5.74, 6) is 0. The summed E-state index contributed by atoms with van der Waals surface area (Å²) < 4.78 is 0. The van der Waals surface area contributed by atoms with E-state index in [-0.39, 0.29) is 0 Å². The van der Waals surface area contributed by atoms with Crippen molar-refractivity contribution in [2.75, 3.05) is 6.54 Å². The summed E-state index contributed by atoms with van der Waals surface area (Å²) in [6.07, 6.45) is 1.70. The number of rotatable bonds is 5. The first-order valence-corrected chi connectivity index (χ1v) is 8.35. The summed E-state index contributed by atoms with van der Waals surface area (Å²) >= 11 is 0. The predicted molar refractivity (Wildman–Crippen MR) is 92.4 cm³/mol. The van der Waals surface area contributed by atoms with Gasteiger partial charge in [0.25, 0.3) is 0 Å². The molecule has 0 N–H and O–H groups in total. The molecule has 2 aromatic carbocycles. The van der Waals surface area contributed by atoms with Crippen molar-refractivity contribution in [2.45, 2.75) is 45.6 Å². The topological polar surface area (TPSA) is 6.48 Å². The van der Waals surface area contributed by atoms with E-state index in [2.05, 4.69) is 84.3 Å². The van der Waals surface area contributed by atoms with E-state index >= 15 is 0 Å². The molecule has 2 aromatic rings. The van der Waals surface area contributed by atoms with Crippen LogP contribution in [0, 0.1) is 0 Å². The van der Waals surface area contributed by atoms with Gasteiger partial charge in [0.1, 0.15) is 0 Å². The van der Waals surface area contributed by atoms with E-state index in [1.807, 2.05) is 0 Å². The van der Waals surface area contributed by atoms with E-state index in [0.717, 1.165) is 13.1 Å². The number of nitrogens with zero attached hydrogens (tertiary/aromatic N) is 2. The summed E-state index contributed by atoms with van der Waals surface area (Å²) in [6.45, 7) is 7.91. The highest BCUT2D eigenvalue weighted by atomic mass is 15.4. The Hall–Kier alpha value is -1.64. The fraction of sp³-hybridized carbons (Fsp3) is 0.400. The van der Waals surface area contributed by atoms with Gasteiger partial charge in [-0.2, -0.15) is 0 Å². The molecule has 1 saturated heterocycles. The molecular formula is C20H26N2. The normalized spacial score (nSPS) is 23.0. The highest BCUT2D eigenvalue weighted by Gasteiger charge is 2.35. The second kappa shape index (κ2) is 7.08. The van der Waals surface area contributed by atoms with Gasteiger partial charge in [-0.1, -0.05) is 67.6 Å². The summed E-state index contributed by atoms with van der Waals surface area (Å²) in [5, 5.41) is 0. The van der Waals surface area contributed by atoms with Crippen molar-refractivity contribution >= 4 is 0 Å². The van der Waals surface area contributed by atoms with E-state index < -0.39 is 0 Å². The zero-order valence-corrected chi connectivity index (χ0v) is 13.7. The second-order valence-corrected chi connectivity index (χ2v) is 6.27. The molecule has 0 radical (unpaired) electrons. The van der Waals surface area contributed by atoms with Crippen molar-refractivity contribution in [3.05, 3.63) is 71.8 Å². The molecule has 0 bridgehead atoms. The summed E-state index contributed by atoms with van der Waals surface area (Å²) in [7, 11) is 0. The average molecular weight is 294 g/mol. The molecule has 2 atom stereocenters. The van der Waals surface area contributed by atoms with E-state index in [0.29, 0.717) is 12.2 Å². The molecule has 0 aliphatic carbocycles. The minimum absolute atomic E-state index is 0.491. The zero-order chi connectivity index (χ0) is 15.4. The van der Waals surface area contributed by atoms with Gasteiger partial charge in [-0.15, -0.1) is 0 Å². The molecule has 116 valence electrons. The molecule has 1 fully saturated rings. The molecule has 1 aliphatic rings. The minimum atomic E-state index is 0.491. The molecule has 0 saturated carbocycles. The quantitative estimate of drug-likeness (QED) is 0.818. The maximum Gasteiger partial charge on any atom is 0.0603 e. The first-order chi connectivity index (χ1) is 10.8. The van der Waals surface area contributed by atoms with Crippen molar-refractivity contribution in [3.8, 4) is 0 Å². The van der Waals surface area contributed by atoms with Crippen molar-refractivity contribution in [1.82, 2.24) is 9.80 Å². The van der Waals surface area contributed by atoms with E-state index in [1.165, 1.54) is 24.1 Å². The average Bonchev–Trinajstić information content (AvgIpc) is 2.86. The Labute approximate surface area is 134 Å². The van der Waals surface area contributed by atoms with E-state index in [4.69, 9.17) is 0 Å². The predicted octanol–water partition coefficient (Wildman–Crippen LogP) is 4.13. The highest BCUT2D eigenvalue weighted by Crippen LogP contribution is 2.26. The largest absolute Gasteiger partial charge is 0.282 e. The highest BCUT2D eigenvalue weighted by molar-refractivity contribution is 5.17. The Morgan fingerprint density at radius 3 is 1.95 bits per heavy atom. The van der Waals surface area contributed by atoms with Crippen LogP contribution in [0.25, 0.3) is 0 Å². The lowest BCUT2D eigenvalue weighted by atomic mass is 10.1. The SMILES string of the molecule is CCC1CN(Cc2ccccc2)C(C)N1Cc1ccccc1. The molecule has 0 aromatic heterocycles. The fourth-order valence-electron chi connectivity index (χ4n) is 3.48. The van der Waals surface area contributed by atoms with Crippen LogP contribution in [-0.2, 0) is 13.1 Å². The third kappa shape index (κ3) is 3.40. The maximum absolute atomic E-state index is 2.65. The van der Waals surface area contributed by atoms with Gasteiger partial charge < -0.3 is 0 Å². The van der Waals surface area contributed by atoms with Crippen LogP contribution in [-0.4, -0.2) is 28.6 Å². The van der Waals surface area contributed by atoms with Crippen LogP contribution >= 0.6 is 0 Å². The Morgan fingerprint density at radius 2 is 1.41 bits per heavy atom. The lowest BCUT2D eigenvalue weighted by Crippen LogP contribution is -2.37. The Bertz CT molecular complexity index is 567. The lowest BCUT2D eigenvalue weighted by molar-refractivity contribution is 0.123. The van der Waals surface area contributed by atoms with Gasteiger partial charge in [-0.3, -0.25) is 9.80 Å². The summed E-state index contributed by atoms with van der Waals surface area (Å²) in [4.78, 5) is 5.25. The van der Waals surface area contributed by atoms with Crippen molar-refractivity contribution in [1.29, 1.82) is 0 Å². The third-order valence-electron chi connectivity index (χ3n) is 4.83. The van der Waals surface area contributed by atoms with Crippen LogP contribution in [0.1, 0.15) is 31.4 Å². The smallest absolute Gasteiger partial charge is 0.0603 e. The van der Waals surface area contributed by atoms with Crippen molar-refractivity contribution < 1.29 is 0 Å². The molecule has 2 heteroatoms. The van der Waals surface area contributed by atoms with Gasteiger partial charge in [0.2, 0.25) is 0 Å². The molecule has 22 heavy (non-hydrogen) atoms. The Balaban J connectivity index is 1.71. The number of hydrogen-bond acceptors (Lipinski definition) is 2. The first kappa shape index (κ1) is 15.3. The van der Waals surface area contributed by atoms with Crippen LogP contribution in [0.5, 0.6) is 0 Å². The van der Waals surface area contributed by atoms with Gasteiger partial charge in [-0.05, 0) is 24.5 Å². The molecule has 2 unspecified atom stereocenters. The van der Waals surface area contributed by atoms with Gasteiger partial charge >= 0.3 is 0 Å². The summed E-state index contributed by atoms with van der Waals surface area (Å²) in [5.41, 5.74) is 2.82. The monoisotopic (exact) mass is 294 g/mol. The minimum Gasteiger partial charge on any atom is -0.282 e. The Morgan fingerprint density at radius 1 is 0.864 bits per heavy atom. The molecular weight excluding hydrogens is 268 g/mol. The van der Waals surface area contributed by atoms with Crippen LogP contribution < -0.4 is 0 Å².